The van der Waals surface area contributed by atoms with Crippen LogP contribution >= 0.6 is 0 Å². The number of amides is 1. The molecular formula is C14H21N3O3. The summed E-state index contributed by atoms with van der Waals surface area (Å²) >= 11 is 0. The molecule has 0 aliphatic carbocycles. The normalized spacial score (nSPS) is 12.8. The molecule has 1 unspecified atom stereocenters. The Bertz CT molecular complexity index is 495. The van der Waals surface area contributed by atoms with E-state index in [-0.39, 0.29) is 17.5 Å². The summed E-state index contributed by atoms with van der Waals surface area (Å²) in [5.41, 5.74) is 5.41. The van der Waals surface area contributed by atoms with Gasteiger partial charge in [0.15, 0.2) is 0 Å². The van der Waals surface area contributed by atoms with E-state index in [2.05, 4.69) is 10.3 Å². The molecule has 4 N–H and O–H groups in total. The number of nitrogens with two attached hydrogens (primary N) is 1. The number of carboxylic acid groups (broad SMARTS) is 1. The second kappa shape index (κ2) is 6.36. The number of rotatable bonds is 6. The van der Waals surface area contributed by atoms with E-state index < -0.39 is 17.8 Å². The third kappa shape index (κ3) is 4.87. The Morgan fingerprint density at radius 3 is 2.60 bits per heavy atom. The van der Waals surface area contributed by atoms with Crippen molar-refractivity contribution in [2.75, 3.05) is 11.9 Å². The third-order valence-electron chi connectivity index (χ3n) is 2.80. The highest BCUT2D eigenvalue weighted by Crippen LogP contribution is 2.25. The van der Waals surface area contributed by atoms with Crippen LogP contribution in [0.1, 0.15) is 37.6 Å². The lowest BCUT2D eigenvalue weighted by Crippen LogP contribution is -2.28. The van der Waals surface area contributed by atoms with Crippen molar-refractivity contribution in [3.05, 3.63) is 23.9 Å². The molecule has 0 fully saturated rings. The molecule has 1 amide bonds. The van der Waals surface area contributed by atoms with E-state index in [9.17, 15) is 14.7 Å². The van der Waals surface area contributed by atoms with E-state index in [0.29, 0.717) is 12.2 Å². The molecule has 20 heavy (non-hydrogen) atoms. The number of pyridine rings is 1. The monoisotopic (exact) mass is 279 g/mol. The van der Waals surface area contributed by atoms with Gasteiger partial charge >= 0.3 is 5.97 Å². The second-order valence-corrected chi connectivity index (χ2v) is 5.94. The topological polar surface area (TPSA) is 105 Å². The summed E-state index contributed by atoms with van der Waals surface area (Å²) in [7, 11) is 0. The average molecular weight is 279 g/mol. The smallest absolute Gasteiger partial charge is 0.308 e. The number of primary amides is 1. The Morgan fingerprint density at radius 1 is 1.45 bits per heavy atom. The number of carboxylic acids is 1. The highest BCUT2D eigenvalue weighted by molar-refractivity contribution is 5.97. The summed E-state index contributed by atoms with van der Waals surface area (Å²) in [6, 6.07) is 3.16. The predicted octanol–water partition coefficient (Wildman–Crippen LogP) is 1.73. The lowest BCUT2D eigenvalue weighted by Gasteiger charge is -2.23. The summed E-state index contributed by atoms with van der Waals surface area (Å²) in [4.78, 5) is 26.5. The summed E-state index contributed by atoms with van der Waals surface area (Å²) in [5.74, 6) is -1.70. The van der Waals surface area contributed by atoms with Gasteiger partial charge in [-0.15, -0.1) is 0 Å². The number of aliphatic carboxylic acids is 1. The van der Waals surface area contributed by atoms with Gasteiger partial charge in [-0.1, -0.05) is 20.8 Å². The molecule has 0 saturated carbocycles. The second-order valence-electron chi connectivity index (χ2n) is 5.94. The van der Waals surface area contributed by atoms with Crippen LogP contribution in [0.3, 0.4) is 0 Å². The van der Waals surface area contributed by atoms with E-state index in [1.165, 1.54) is 6.20 Å². The summed E-state index contributed by atoms with van der Waals surface area (Å²) in [5, 5.41) is 12.1. The van der Waals surface area contributed by atoms with Gasteiger partial charge in [-0.25, -0.2) is 4.98 Å². The largest absolute Gasteiger partial charge is 0.481 e. The average Bonchev–Trinajstić information content (AvgIpc) is 2.33. The van der Waals surface area contributed by atoms with Crippen LogP contribution in [0.15, 0.2) is 18.3 Å². The van der Waals surface area contributed by atoms with E-state index in [0.717, 1.165) is 0 Å². The Balaban J connectivity index is 2.78. The van der Waals surface area contributed by atoms with Crippen molar-refractivity contribution in [3.63, 3.8) is 0 Å². The van der Waals surface area contributed by atoms with Crippen molar-refractivity contribution in [2.24, 2.45) is 17.1 Å². The number of nitrogens with zero attached hydrogens (tertiary/aromatic N) is 1. The van der Waals surface area contributed by atoms with Crippen LogP contribution in [-0.4, -0.2) is 28.5 Å². The molecule has 6 nitrogen and oxygen atoms in total. The number of aromatic nitrogens is 1. The van der Waals surface area contributed by atoms with Gasteiger partial charge in [0.1, 0.15) is 5.82 Å². The van der Waals surface area contributed by atoms with Crippen molar-refractivity contribution < 1.29 is 14.7 Å². The fraction of sp³-hybridized carbons (Fsp3) is 0.500. The Kier molecular flexibility index (Phi) is 5.07. The van der Waals surface area contributed by atoms with Gasteiger partial charge in [-0.2, -0.15) is 0 Å². The van der Waals surface area contributed by atoms with Gasteiger partial charge in [-0.3, -0.25) is 9.59 Å². The van der Waals surface area contributed by atoms with Crippen LogP contribution in [0, 0.1) is 11.3 Å². The molecule has 1 aromatic heterocycles. The Hall–Kier alpha value is -2.11. The molecule has 110 valence electrons. The first-order valence-electron chi connectivity index (χ1n) is 6.42. The van der Waals surface area contributed by atoms with Gasteiger partial charge in [0.05, 0.1) is 11.5 Å². The van der Waals surface area contributed by atoms with E-state index in [1.807, 2.05) is 20.8 Å². The van der Waals surface area contributed by atoms with Crippen molar-refractivity contribution in [1.82, 2.24) is 4.98 Å². The van der Waals surface area contributed by atoms with Crippen LogP contribution in [0.25, 0.3) is 0 Å². The molecule has 0 aliphatic rings. The minimum Gasteiger partial charge on any atom is -0.481 e. The zero-order chi connectivity index (χ0) is 15.3. The van der Waals surface area contributed by atoms with E-state index in [1.54, 1.807) is 12.1 Å². The molecule has 1 atom stereocenters. The maximum absolute atomic E-state index is 11.3. The van der Waals surface area contributed by atoms with Gasteiger partial charge in [0, 0.05) is 12.7 Å². The molecule has 1 heterocycles. The number of carbonyl (C=O) groups excluding carboxylic acids is 1. The first-order chi connectivity index (χ1) is 9.20. The summed E-state index contributed by atoms with van der Waals surface area (Å²) < 4.78 is 0. The molecule has 0 saturated heterocycles. The molecule has 0 aromatic carbocycles. The minimum absolute atomic E-state index is 0.0959. The van der Waals surface area contributed by atoms with Crippen molar-refractivity contribution in [1.29, 1.82) is 0 Å². The van der Waals surface area contributed by atoms with Gasteiger partial charge in [0.25, 0.3) is 5.91 Å². The van der Waals surface area contributed by atoms with E-state index in [4.69, 9.17) is 5.73 Å². The standard InChI is InChI=1S/C14H21N3O3/c1-14(2,3)7-9(13(19)20)8-17-12-10(11(15)18)5-4-6-16-12/h4-6,9H,7-8H2,1-3H3,(H2,15,18)(H,16,17)(H,19,20). The number of hydrogen-bond acceptors (Lipinski definition) is 4. The Morgan fingerprint density at radius 2 is 2.10 bits per heavy atom. The number of hydrogen-bond donors (Lipinski definition) is 3. The third-order valence-corrected chi connectivity index (χ3v) is 2.80. The Labute approximate surface area is 118 Å². The fourth-order valence-electron chi connectivity index (χ4n) is 1.95. The SMILES string of the molecule is CC(C)(C)CC(CNc1ncccc1C(N)=O)C(=O)O. The molecule has 1 rings (SSSR count). The van der Waals surface area contributed by atoms with Crippen molar-refractivity contribution >= 4 is 17.7 Å². The molecule has 0 radical (unpaired) electrons. The highest BCUT2D eigenvalue weighted by atomic mass is 16.4. The predicted molar refractivity (Wildman–Crippen MR) is 76.4 cm³/mol. The molecule has 0 spiro atoms. The molecule has 0 aliphatic heterocycles. The zero-order valence-corrected chi connectivity index (χ0v) is 12.0. The van der Waals surface area contributed by atoms with Crippen LogP contribution in [-0.2, 0) is 4.79 Å². The van der Waals surface area contributed by atoms with Crippen molar-refractivity contribution in [2.45, 2.75) is 27.2 Å². The quantitative estimate of drug-likeness (QED) is 0.735. The molecule has 6 heteroatoms. The first kappa shape index (κ1) is 15.9. The summed E-state index contributed by atoms with van der Waals surface area (Å²) in [6.45, 7) is 6.15. The number of nitrogens with one attached hydrogen (secondary N) is 1. The van der Waals surface area contributed by atoms with E-state index >= 15 is 0 Å². The first-order valence-corrected chi connectivity index (χ1v) is 6.42. The fourth-order valence-corrected chi connectivity index (χ4v) is 1.95. The van der Waals surface area contributed by atoms with Crippen LogP contribution in [0.2, 0.25) is 0 Å². The maximum atomic E-state index is 11.3. The highest BCUT2D eigenvalue weighted by Gasteiger charge is 2.24. The molecular weight excluding hydrogens is 258 g/mol. The van der Waals surface area contributed by atoms with Crippen LogP contribution in [0.5, 0.6) is 0 Å². The molecule has 0 bridgehead atoms. The van der Waals surface area contributed by atoms with Gasteiger partial charge in [-0.05, 0) is 24.0 Å². The summed E-state index contributed by atoms with van der Waals surface area (Å²) in [6.07, 6.45) is 2.04. The van der Waals surface area contributed by atoms with Gasteiger partial charge < -0.3 is 16.2 Å². The molecule has 1 aromatic rings. The zero-order valence-electron chi connectivity index (χ0n) is 12.0. The number of anilines is 1. The lowest BCUT2D eigenvalue weighted by molar-refractivity contribution is -0.142. The number of carbonyl (C=O) groups is 2. The van der Waals surface area contributed by atoms with Gasteiger partial charge in [0.2, 0.25) is 0 Å². The van der Waals surface area contributed by atoms with Crippen molar-refractivity contribution in [3.8, 4) is 0 Å². The minimum atomic E-state index is -0.871. The lowest BCUT2D eigenvalue weighted by atomic mass is 9.84. The van der Waals surface area contributed by atoms with Crippen LogP contribution in [0.4, 0.5) is 5.82 Å². The maximum Gasteiger partial charge on any atom is 0.308 e. The van der Waals surface area contributed by atoms with Crippen LogP contribution < -0.4 is 11.1 Å².